The normalized spacial score (nSPS) is 29.9. The molecular weight excluding hydrogens is 400 g/mol. The highest BCUT2D eigenvalue weighted by molar-refractivity contribution is 6.34. The fourth-order valence-corrected chi connectivity index (χ4v) is 6.26. The fraction of sp³-hybridized carbons (Fsp3) is 0.542. The molecule has 5 rings (SSSR count). The van der Waals surface area contributed by atoms with E-state index in [0.717, 1.165) is 38.5 Å². The molecule has 3 fully saturated rings. The third kappa shape index (κ3) is 3.27. The van der Waals surface area contributed by atoms with Gasteiger partial charge in [-0.25, -0.2) is 0 Å². The molecule has 4 aliphatic rings. The van der Waals surface area contributed by atoms with E-state index < -0.39 is 0 Å². The third-order valence-electron chi connectivity index (χ3n) is 7.50. The van der Waals surface area contributed by atoms with Crippen LogP contribution in [0.3, 0.4) is 0 Å². The molecule has 0 spiro atoms. The molecule has 0 radical (unpaired) electrons. The summed E-state index contributed by atoms with van der Waals surface area (Å²) >= 11 is 6.29. The number of carbonyl (C=O) groups excluding carboxylic acids is 3. The summed E-state index contributed by atoms with van der Waals surface area (Å²) < 4.78 is 0. The minimum absolute atomic E-state index is 0.102. The van der Waals surface area contributed by atoms with E-state index in [2.05, 4.69) is 11.4 Å². The highest BCUT2D eigenvalue weighted by atomic mass is 35.5. The van der Waals surface area contributed by atoms with Crippen LogP contribution in [0.5, 0.6) is 0 Å². The molecule has 1 heterocycles. The van der Waals surface area contributed by atoms with Crippen molar-refractivity contribution in [2.75, 3.05) is 11.4 Å². The standard InChI is InChI=1S/C24H27ClN2O3/c25-19-9-8-17(13-18(19)22(28)26-11-10-14-4-2-1-3-5-14)27-23(29)20-15-6-7-16(12-15)21(20)24(27)30/h4,8-9,13,15-16,20-21H,1-3,5-7,10-12H2,(H,26,28). The van der Waals surface area contributed by atoms with Crippen molar-refractivity contribution in [3.8, 4) is 0 Å². The summed E-state index contributed by atoms with van der Waals surface area (Å²) in [5.74, 6) is -0.139. The first-order valence-corrected chi connectivity index (χ1v) is 11.6. The smallest absolute Gasteiger partial charge is 0.252 e. The molecule has 30 heavy (non-hydrogen) atoms. The van der Waals surface area contributed by atoms with E-state index in [0.29, 0.717) is 34.7 Å². The number of allylic oxidation sites excluding steroid dienone is 1. The maximum Gasteiger partial charge on any atom is 0.252 e. The summed E-state index contributed by atoms with van der Waals surface area (Å²) in [6.07, 6.45) is 10.9. The maximum absolute atomic E-state index is 13.1. The number of nitrogens with zero attached hydrogens (tertiary/aromatic N) is 1. The number of hydrogen-bond acceptors (Lipinski definition) is 3. The molecule has 6 heteroatoms. The van der Waals surface area contributed by atoms with Gasteiger partial charge >= 0.3 is 0 Å². The Bertz CT molecular complexity index is 912. The van der Waals surface area contributed by atoms with Crippen LogP contribution in [0.25, 0.3) is 0 Å². The van der Waals surface area contributed by atoms with Gasteiger partial charge in [-0.05, 0) is 81.4 Å². The molecule has 1 aromatic carbocycles. The minimum atomic E-state index is -0.266. The summed E-state index contributed by atoms with van der Waals surface area (Å²) in [6, 6.07) is 4.87. The van der Waals surface area contributed by atoms with E-state index in [-0.39, 0.29) is 29.6 Å². The third-order valence-corrected chi connectivity index (χ3v) is 7.83. The second-order valence-corrected chi connectivity index (χ2v) is 9.58. The van der Waals surface area contributed by atoms with Gasteiger partial charge < -0.3 is 5.32 Å². The molecule has 1 saturated heterocycles. The first kappa shape index (κ1) is 19.8. The number of halogens is 1. The second-order valence-electron chi connectivity index (χ2n) is 9.17. The lowest BCUT2D eigenvalue weighted by molar-refractivity contribution is -0.123. The predicted octanol–water partition coefficient (Wildman–Crippen LogP) is 4.50. The number of imide groups is 1. The van der Waals surface area contributed by atoms with E-state index in [1.807, 2.05) is 0 Å². The van der Waals surface area contributed by atoms with Crippen molar-refractivity contribution in [1.29, 1.82) is 0 Å². The molecule has 1 N–H and O–H groups in total. The van der Waals surface area contributed by atoms with Crippen LogP contribution in [0.15, 0.2) is 29.8 Å². The average Bonchev–Trinajstić information content (AvgIpc) is 3.43. The first-order chi connectivity index (χ1) is 14.5. The van der Waals surface area contributed by atoms with Gasteiger partial charge in [0.05, 0.1) is 28.1 Å². The number of anilines is 1. The van der Waals surface area contributed by atoms with Crippen molar-refractivity contribution >= 4 is 35.0 Å². The summed E-state index contributed by atoms with van der Waals surface area (Å²) in [6.45, 7) is 0.556. The largest absolute Gasteiger partial charge is 0.352 e. The lowest BCUT2D eigenvalue weighted by Gasteiger charge is -2.19. The molecule has 3 aliphatic carbocycles. The van der Waals surface area contributed by atoms with Crippen LogP contribution in [0.1, 0.15) is 61.7 Å². The van der Waals surface area contributed by atoms with E-state index >= 15 is 0 Å². The lowest BCUT2D eigenvalue weighted by atomic mass is 9.81. The Hall–Kier alpha value is -2.14. The minimum Gasteiger partial charge on any atom is -0.352 e. The first-order valence-electron chi connectivity index (χ1n) is 11.2. The van der Waals surface area contributed by atoms with Gasteiger partial charge in [-0.2, -0.15) is 0 Å². The number of nitrogens with one attached hydrogen (secondary N) is 1. The monoisotopic (exact) mass is 426 g/mol. The van der Waals surface area contributed by atoms with Crippen LogP contribution in [0, 0.1) is 23.7 Å². The van der Waals surface area contributed by atoms with Crippen molar-refractivity contribution in [2.45, 2.75) is 51.4 Å². The van der Waals surface area contributed by atoms with Crippen molar-refractivity contribution in [3.63, 3.8) is 0 Å². The van der Waals surface area contributed by atoms with E-state index in [1.165, 1.54) is 23.3 Å². The van der Waals surface area contributed by atoms with Crippen LogP contribution < -0.4 is 10.2 Å². The van der Waals surface area contributed by atoms with Crippen LogP contribution in [-0.4, -0.2) is 24.3 Å². The fourth-order valence-electron chi connectivity index (χ4n) is 6.05. The molecule has 2 saturated carbocycles. The van der Waals surface area contributed by atoms with Gasteiger partial charge in [0.25, 0.3) is 5.91 Å². The highest BCUT2D eigenvalue weighted by Gasteiger charge is 2.61. The molecule has 0 aromatic heterocycles. The topological polar surface area (TPSA) is 66.5 Å². The molecule has 3 amide bonds. The zero-order valence-corrected chi connectivity index (χ0v) is 17.8. The Morgan fingerprint density at radius 1 is 1.10 bits per heavy atom. The SMILES string of the molecule is O=C(NCCC1=CCCCC1)c1cc(N2C(=O)C3C4CCC(C4)C3C2=O)ccc1Cl. The number of amides is 3. The van der Waals surface area contributed by atoms with Gasteiger partial charge in [0, 0.05) is 6.54 Å². The van der Waals surface area contributed by atoms with Gasteiger partial charge in [-0.1, -0.05) is 23.3 Å². The van der Waals surface area contributed by atoms with E-state index in [4.69, 9.17) is 11.6 Å². The quantitative estimate of drug-likeness (QED) is 0.557. The summed E-state index contributed by atoms with van der Waals surface area (Å²) in [4.78, 5) is 40.2. The van der Waals surface area contributed by atoms with Crippen LogP contribution in [-0.2, 0) is 9.59 Å². The van der Waals surface area contributed by atoms with Gasteiger partial charge in [-0.15, -0.1) is 0 Å². The Balaban J connectivity index is 1.31. The zero-order chi connectivity index (χ0) is 20.8. The van der Waals surface area contributed by atoms with Gasteiger partial charge in [0.1, 0.15) is 0 Å². The molecule has 158 valence electrons. The molecule has 2 bridgehead atoms. The maximum atomic E-state index is 13.1. The number of rotatable bonds is 5. The van der Waals surface area contributed by atoms with Gasteiger partial charge in [0.2, 0.25) is 11.8 Å². The van der Waals surface area contributed by atoms with Crippen molar-refractivity contribution in [1.82, 2.24) is 5.32 Å². The Morgan fingerprint density at radius 2 is 1.83 bits per heavy atom. The Morgan fingerprint density at radius 3 is 2.50 bits per heavy atom. The van der Waals surface area contributed by atoms with Gasteiger partial charge in [-0.3, -0.25) is 19.3 Å². The predicted molar refractivity (Wildman–Crippen MR) is 115 cm³/mol. The van der Waals surface area contributed by atoms with Crippen molar-refractivity contribution in [2.24, 2.45) is 23.7 Å². The molecule has 4 atom stereocenters. The Kier molecular flexibility index (Phi) is 5.18. The zero-order valence-electron chi connectivity index (χ0n) is 17.0. The molecular formula is C24H27ClN2O3. The van der Waals surface area contributed by atoms with Crippen molar-refractivity contribution in [3.05, 3.63) is 40.4 Å². The molecule has 1 aromatic rings. The Labute approximate surface area is 181 Å². The second kappa shape index (κ2) is 7.84. The van der Waals surface area contributed by atoms with Gasteiger partial charge in [0.15, 0.2) is 0 Å². The summed E-state index contributed by atoms with van der Waals surface area (Å²) in [7, 11) is 0. The number of hydrogen-bond donors (Lipinski definition) is 1. The highest BCUT2D eigenvalue weighted by Crippen LogP contribution is 2.56. The number of benzene rings is 1. The van der Waals surface area contributed by atoms with Crippen LogP contribution in [0.2, 0.25) is 5.02 Å². The molecule has 1 aliphatic heterocycles. The molecule has 5 nitrogen and oxygen atoms in total. The van der Waals surface area contributed by atoms with Crippen molar-refractivity contribution < 1.29 is 14.4 Å². The molecule has 4 unspecified atom stereocenters. The van der Waals surface area contributed by atoms with E-state index in [1.54, 1.807) is 18.2 Å². The number of carbonyl (C=O) groups is 3. The lowest BCUT2D eigenvalue weighted by Crippen LogP contribution is -2.33. The van der Waals surface area contributed by atoms with Crippen LogP contribution in [0.4, 0.5) is 5.69 Å². The van der Waals surface area contributed by atoms with Crippen LogP contribution >= 0.6 is 11.6 Å². The summed E-state index contributed by atoms with van der Waals surface area (Å²) in [5.41, 5.74) is 2.17. The van der Waals surface area contributed by atoms with E-state index in [9.17, 15) is 14.4 Å². The number of fused-ring (bicyclic) bond motifs is 5. The average molecular weight is 427 g/mol. The summed E-state index contributed by atoms with van der Waals surface area (Å²) in [5, 5.41) is 3.27.